The molecule has 2 rings (SSSR count). The summed E-state index contributed by atoms with van der Waals surface area (Å²) in [6.07, 6.45) is 3.88. The fraction of sp³-hybridized carbons (Fsp3) is 1.00. The molecule has 3 nitrogen and oxygen atoms in total. The third-order valence-electron chi connectivity index (χ3n) is 4.95. The van der Waals surface area contributed by atoms with Gasteiger partial charge >= 0.3 is 0 Å². The second-order valence-electron chi connectivity index (χ2n) is 7.37. The van der Waals surface area contributed by atoms with E-state index in [2.05, 4.69) is 32.6 Å². The maximum Gasteiger partial charge on any atom is 0.0616 e. The average Bonchev–Trinajstić information content (AvgIpc) is 2.70. The van der Waals surface area contributed by atoms with Gasteiger partial charge in [0.15, 0.2) is 0 Å². The van der Waals surface area contributed by atoms with Crippen molar-refractivity contribution in [1.82, 2.24) is 4.90 Å². The van der Waals surface area contributed by atoms with Crippen LogP contribution in [0.15, 0.2) is 0 Å². The minimum atomic E-state index is 0.195. The molecule has 3 heteroatoms. The molecule has 0 amide bonds. The third-order valence-corrected chi connectivity index (χ3v) is 4.95. The fourth-order valence-electron chi connectivity index (χ4n) is 3.48. The van der Waals surface area contributed by atoms with Crippen molar-refractivity contribution in [2.45, 2.75) is 58.6 Å². The molecule has 2 aliphatic heterocycles. The summed E-state index contributed by atoms with van der Waals surface area (Å²) in [7, 11) is 0. The van der Waals surface area contributed by atoms with Gasteiger partial charge in [-0.3, -0.25) is 4.90 Å². The van der Waals surface area contributed by atoms with E-state index in [0.717, 1.165) is 26.0 Å². The Morgan fingerprint density at radius 2 is 2.06 bits per heavy atom. The van der Waals surface area contributed by atoms with Gasteiger partial charge in [0.2, 0.25) is 0 Å². The number of nitrogens with zero attached hydrogens (tertiary/aromatic N) is 1. The number of hydrogen-bond donors (Lipinski definition) is 1. The molecular formula is C15H30N2O. The first-order valence-corrected chi connectivity index (χ1v) is 7.45. The van der Waals surface area contributed by atoms with Crippen molar-refractivity contribution >= 4 is 0 Å². The minimum Gasteiger partial charge on any atom is -0.378 e. The Kier molecular flexibility index (Phi) is 4.05. The average molecular weight is 254 g/mol. The van der Waals surface area contributed by atoms with E-state index in [9.17, 15) is 0 Å². The van der Waals surface area contributed by atoms with E-state index in [1.54, 1.807) is 0 Å². The Bertz CT molecular complexity index is 290. The van der Waals surface area contributed by atoms with Gasteiger partial charge in [-0.25, -0.2) is 0 Å². The number of likely N-dealkylation sites (tertiary alicyclic amines) is 1. The first kappa shape index (κ1) is 14.3. The number of rotatable bonds is 3. The van der Waals surface area contributed by atoms with Gasteiger partial charge in [0.25, 0.3) is 0 Å². The topological polar surface area (TPSA) is 38.5 Å². The Hall–Kier alpha value is -0.120. The van der Waals surface area contributed by atoms with Gasteiger partial charge in [0.05, 0.1) is 6.10 Å². The largest absolute Gasteiger partial charge is 0.378 e. The van der Waals surface area contributed by atoms with Gasteiger partial charge in [-0.1, -0.05) is 27.7 Å². The van der Waals surface area contributed by atoms with Crippen LogP contribution >= 0.6 is 0 Å². The number of nitrogens with two attached hydrogens (primary N) is 1. The van der Waals surface area contributed by atoms with E-state index in [4.69, 9.17) is 10.5 Å². The third kappa shape index (κ3) is 2.73. The van der Waals surface area contributed by atoms with Crippen LogP contribution in [0.5, 0.6) is 0 Å². The highest BCUT2D eigenvalue weighted by molar-refractivity contribution is 5.01. The molecule has 0 radical (unpaired) electrons. The molecule has 2 heterocycles. The first-order chi connectivity index (χ1) is 8.38. The lowest BCUT2D eigenvalue weighted by molar-refractivity contribution is -0.0839. The van der Waals surface area contributed by atoms with E-state index in [1.165, 1.54) is 19.5 Å². The van der Waals surface area contributed by atoms with E-state index in [0.29, 0.717) is 17.4 Å². The molecule has 0 aromatic heterocycles. The van der Waals surface area contributed by atoms with Gasteiger partial charge in [0, 0.05) is 25.2 Å². The Balaban J connectivity index is 2.10. The molecular weight excluding hydrogens is 224 g/mol. The van der Waals surface area contributed by atoms with E-state index in [-0.39, 0.29) is 5.54 Å². The SMILES string of the molecule is CC(C)C1CC(CN)(N2CCC(C)(C)C2)CCO1. The van der Waals surface area contributed by atoms with Crippen LogP contribution in [0, 0.1) is 11.3 Å². The Labute approximate surface area is 112 Å². The summed E-state index contributed by atoms with van der Waals surface area (Å²) < 4.78 is 5.93. The molecule has 0 spiro atoms. The zero-order chi connectivity index (χ0) is 13.4. The zero-order valence-electron chi connectivity index (χ0n) is 12.5. The van der Waals surface area contributed by atoms with Crippen molar-refractivity contribution in [2.75, 3.05) is 26.2 Å². The highest BCUT2D eigenvalue weighted by Crippen LogP contribution is 2.39. The van der Waals surface area contributed by atoms with Gasteiger partial charge in [-0.2, -0.15) is 0 Å². The van der Waals surface area contributed by atoms with Crippen molar-refractivity contribution in [1.29, 1.82) is 0 Å². The van der Waals surface area contributed by atoms with Gasteiger partial charge in [-0.15, -0.1) is 0 Å². The van der Waals surface area contributed by atoms with Gasteiger partial charge < -0.3 is 10.5 Å². The highest BCUT2D eigenvalue weighted by Gasteiger charge is 2.45. The zero-order valence-corrected chi connectivity index (χ0v) is 12.5. The normalized spacial score (nSPS) is 37.3. The lowest BCUT2D eigenvalue weighted by atomic mass is 9.81. The second kappa shape index (κ2) is 5.10. The van der Waals surface area contributed by atoms with Crippen molar-refractivity contribution in [2.24, 2.45) is 17.1 Å². The summed E-state index contributed by atoms with van der Waals surface area (Å²) >= 11 is 0. The predicted molar refractivity (Wildman–Crippen MR) is 75.6 cm³/mol. The maximum atomic E-state index is 6.17. The molecule has 2 atom stereocenters. The van der Waals surface area contributed by atoms with Crippen molar-refractivity contribution in [3.63, 3.8) is 0 Å². The van der Waals surface area contributed by atoms with Crippen LogP contribution < -0.4 is 5.73 Å². The van der Waals surface area contributed by atoms with Crippen LogP contribution in [0.1, 0.15) is 47.0 Å². The molecule has 0 aliphatic carbocycles. The molecule has 2 unspecified atom stereocenters. The molecule has 0 saturated carbocycles. The standard InChI is InChI=1S/C15H30N2O/c1-12(2)13-9-15(10-16,6-8-18-13)17-7-5-14(3,4)11-17/h12-13H,5-11,16H2,1-4H3. The van der Waals surface area contributed by atoms with E-state index in [1.807, 2.05) is 0 Å². The first-order valence-electron chi connectivity index (χ1n) is 7.45. The van der Waals surface area contributed by atoms with Crippen LogP contribution in [-0.4, -0.2) is 42.8 Å². The van der Waals surface area contributed by atoms with Crippen LogP contribution in [0.4, 0.5) is 0 Å². The molecule has 18 heavy (non-hydrogen) atoms. The molecule has 106 valence electrons. The Morgan fingerprint density at radius 1 is 1.33 bits per heavy atom. The minimum absolute atomic E-state index is 0.195. The molecule has 2 saturated heterocycles. The summed E-state index contributed by atoms with van der Waals surface area (Å²) in [5, 5.41) is 0. The summed E-state index contributed by atoms with van der Waals surface area (Å²) in [6.45, 7) is 13.3. The lowest BCUT2D eigenvalue weighted by Gasteiger charge is -2.48. The molecule has 2 fully saturated rings. The monoisotopic (exact) mass is 254 g/mol. The van der Waals surface area contributed by atoms with Gasteiger partial charge in [0.1, 0.15) is 0 Å². The number of hydrogen-bond acceptors (Lipinski definition) is 3. The highest BCUT2D eigenvalue weighted by atomic mass is 16.5. The molecule has 2 N–H and O–H groups in total. The van der Waals surface area contributed by atoms with Crippen molar-refractivity contribution < 1.29 is 4.74 Å². The van der Waals surface area contributed by atoms with Crippen molar-refractivity contribution in [3.05, 3.63) is 0 Å². The smallest absolute Gasteiger partial charge is 0.0616 e. The van der Waals surface area contributed by atoms with E-state index < -0.39 is 0 Å². The van der Waals surface area contributed by atoms with Gasteiger partial charge in [-0.05, 0) is 37.1 Å². The Morgan fingerprint density at radius 3 is 2.56 bits per heavy atom. The maximum absolute atomic E-state index is 6.17. The number of ether oxygens (including phenoxy) is 1. The van der Waals surface area contributed by atoms with Crippen LogP contribution in [0.3, 0.4) is 0 Å². The summed E-state index contributed by atoms with van der Waals surface area (Å²) in [5.74, 6) is 0.590. The molecule has 0 aromatic carbocycles. The van der Waals surface area contributed by atoms with Crippen LogP contribution in [-0.2, 0) is 4.74 Å². The quantitative estimate of drug-likeness (QED) is 0.839. The molecule has 2 aliphatic rings. The summed E-state index contributed by atoms with van der Waals surface area (Å²) in [6, 6.07) is 0. The van der Waals surface area contributed by atoms with Crippen LogP contribution in [0.25, 0.3) is 0 Å². The fourth-order valence-corrected chi connectivity index (χ4v) is 3.48. The summed E-state index contributed by atoms with van der Waals surface area (Å²) in [5.41, 5.74) is 6.82. The summed E-state index contributed by atoms with van der Waals surface area (Å²) in [4.78, 5) is 2.66. The molecule has 0 aromatic rings. The van der Waals surface area contributed by atoms with Crippen molar-refractivity contribution in [3.8, 4) is 0 Å². The lowest BCUT2D eigenvalue weighted by Crippen LogP contribution is -2.58. The molecule has 0 bridgehead atoms. The van der Waals surface area contributed by atoms with E-state index >= 15 is 0 Å². The van der Waals surface area contributed by atoms with Crippen LogP contribution in [0.2, 0.25) is 0 Å². The predicted octanol–water partition coefficient (Wildman–Crippen LogP) is 2.25. The second-order valence-corrected chi connectivity index (χ2v) is 7.37.